The molecule has 2 atom stereocenters. The summed E-state index contributed by atoms with van der Waals surface area (Å²) in [5.41, 5.74) is 2.08. The zero-order valence-electron chi connectivity index (χ0n) is 17.7. The first kappa shape index (κ1) is 22.4. The average Bonchev–Trinajstić information content (AvgIpc) is 3.27. The average molecular weight is 518 g/mol. The van der Waals surface area contributed by atoms with E-state index in [9.17, 15) is 8.42 Å². The van der Waals surface area contributed by atoms with Crippen LogP contribution in [0.3, 0.4) is 0 Å². The van der Waals surface area contributed by atoms with E-state index in [1.165, 1.54) is 26.0 Å². The first-order chi connectivity index (χ1) is 14.2. The van der Waals surface area contributed by atoms with E-state index in [4.69, 9.17) is 4.74 Å². The molecule has 0 radical (unpaired) electrons. The number of aryl methyl sites for hydroxylation is 2. The summed E-state index contributed by atoms with van der Waals surface area (Å²) in [6, 6.07) is 0.350. The minimum atomic E-state index is -3.01. The van der Waals surface area contributed by atoms with E-state index in [2.05, 4.69) is 45.0 Å². The number of ether oxygens (including phenoxy) is 1. The zero-order chi connectivity index (χ0) is 21.5. The molecule has 0 aromatic carbocycles. The Morgan fingerprint density at radius 2 is 2.23 bits per heavy atom. The quantitative estimate of drug-likeness (QED) is 0.586. The summed E-state index contributed by atoms with van der Waals surface area (Å²) in [7, 11) is -3.01. The highest BCUT2D eigenvalue weighted by molar-refractivity contribution is 9.10. The van der Waals surface area contributed by atoms with Crippen molar-refractivity contribution in [3.8, 4) is 0 Å². The van der Waals surface area contributed by atoms with E-state index in [0.717, 1.165) is 44.5 Å². The number of hydrogen-bond donors (Lipinski definition) is 0. The molecule has 2 aliphatic rings. The number of rotatable bonds is 6. The van der Waals surface area contributed by atoms with Crippen LogP contribution in [0, 0.1) is 0 Å². The summed E-state index contributed by atoms with van der Waals surface area (Å²) in [6.07, 6.45) is 7.08. The van der Waals surface area contributed by atoms with Crippen molar-refractivity contribution >= 4 is 37.1 Å². The fraction of sp³-hybridized carbons (Fsp3) is 0.700. The highest BCUT2D eigenvalue weighted by Gasteiger charge is 2.46. The highest BCUT2D eigenvalue weighted by atomic mass is 79.9. The van der Waals surface area contributed by atoms with E-state index >= 15 is 0 Å². The number of likely N-dealkylation sites (tertiary alicyclic amines) is 1. The number of thiophene rings is 1. The molecular weight excluding hydrogens is 488 g/mol. The number of hydrogen-bond acceptors (Lipinski definition) is 7. The van der Waals surface area contributed by atoms with E-state index in [0.29, 0.717) is 19.1 Å². The Morgan fingerprint density at radius 3 is 2.93 bits per heavy atom. The molecule has 1 saturated heterocycles. The van der Waals surface area contributed by atoms with Gasteiger partial charge in [0, 0.05) is 57.8 Å². The molecule has 0 N–H and O–H groups in total. The van der Waals surface area contributed by atoms with Crippen LogP contribution >= 0.6 is 27.3 Å². The Bertz CT molecular complexity index is 1020. The van der Waals surface area contributed by atoms with Gasteiger partial charge in [0.05, 0.1) is 30.2 Å². The fourth-order valence-electron chi connectivity index (χ4n) is 4.61. The lowest BCUT2D eigenvalue weighted by Gasteiger charge is -2.47. The molecule has 0 bridgehead atoms. The van der Waals surface area contributed by atoms with Gasteiger partial charge < -0.3 is 4.74 Å². The standard InChI is InChI=1S/C20H29BrN4O3S2/c1-4-16-19(21)18-17(29-16)5-9-28-20(18)6-7-24(14(2)11-20)12-15-13-25(23-22-15)8-10-30(3,26)27/h13-14H,4-12H2,1-3H3/t14-,20+/m0/s1. The van der Waals surface area contributed by atoms with Crippen molar-refractivity contribution in [1.82, 2.24) is 19.9 Å². The molecule has 1 spiro atoms. The Labute approximate surface area is 190 Å². The normalized spacial score (nSPS) is 25.0. The summed E-state index contributed by atoms with van der Waals surface area (Å²) in [5, 5.41) is 8.35. The van der Waals surface area contributed by atoms with E-state index in [-0.39, 0.29) is 11.4 Å². The molecule has 166 valence electrons. The van der Waals surface area contributed by atoms with Crippen LogP contribution in [-0.2, 0) is 46.1 Å². The summed E-state index contributed by atoms with van der Waals surface area (Å²) in [5.74, 6) is 0.0768. The SMILES string of the molecule is CCc1sc2c(c1Br)[C@]1(CCN(Cc3cn(CCS(C)(=O)=O)nn3)[C@@H](C)C1)OCC2. The first-order valence-corrected chi connectivity index (χ1v) is 14.1. The van der Waals surface area contributed by atoms with Crippen LogP contribution in [0.2, 0.25) is 0 Å². The Kier molecular flexibility index (Phi) is 6.43. The van der Waals surface area contributed by atoms with E-state index in [1.807, 2.05) is 17.5 Å². The molecule has 7 nitrogen and oxygen atoms in total. The topological polar surface area (TPSA) is 77.3 Å². The van der Waals surface area contributed by atoms with Crippen molar-refractivity contribution in [2.24, 2.45) is 0 Å². The van der Waals surface area contributed by atoms with Gasteiger partial charge in [-0.15, -0.1) is 16.4 Å². The van der Waals surface area contributed by atoms with Crippen molar-refractivity contribution in [2.75, 3.05) is 25.2 Å². The Hall–Kier alpha value is -0.810. The molecular formula is C20H29BrN4O3S2. The zero-order valence-corrected chi connectivity index (χ0v) is 20.9. The number of piperidine rings is 1. The Morgan fingerprint density at radius 1 is 1.43 bits per heavy atom. The summed E-state index contributed by atoms with van der Waals surface area (Å²) >= 11 is 5.82. The second-order valence-electron chi connectivity index (χ2n) is 8.46. The minimum Gasteiger partial charge on any atom is -0.370 e. The number of nitrogens with zero attached hydrogens (tertiary/aromatic N) is 4. The highest BCUT2D eigenvalue weighted by Crippen LogP contribution is 2.50. The fourth-order valence-corrected chi connectivity index (χ4v) is 7.59. The van der Waals surface area contributed by atoms with Crippen LogP contribution in [0.25, 0.3) is 0 Å². The molecule has 2 aromatic rings. The molecule has 0 amide bonds. The number of halogens is 1. The number of sulfone groups is 1. The third kappa shape index (κ3) is 4.53. The Balaban J connectivity index is 1.45. The van der Waals surface area contributed by atoms with Gasteiger partial charge >= 0.3 is 0 Å². The van der Waals surface area contributed by atoms with Gasteiger partial charge in [0.25, 0.3) is 0 Å². The lowest BCUT2D eigenvalue weighted by Crippen LogP contribution is -2.50. The molecule has 2 aromatic heterocycles. The predicted octanol–water partition coefficient (Wildman–Crippen LogP) is 3.16. The van der Waals surface area contributed by atoms with Gasteiger partial charge in [-0.1, -0.05) is 12.1 Å². The summed E-state index contributed by atoms with van der Waals surface area (Å²) in [4.78, 5) is 5.33. The van der Waals surface area contributed by atoms with Crippen molar-refractivity contribution < 1.29 is 13.2 Å². The van der Waals surface area contributed by atoms with Crippen LogP contribution in [0.15, 0.2) is 10.7 Å². The number of aromatic nitrogens is 3. The lowest BCUT2D eigenvalue weighted by molar-refractivity contribution is -0.113. The van der Waals surface area contributed by atoms with Crippen LogP contribution in [0.4, 0.5) is 0 Å². The molecule has 0 unspecified atom stereocenters. The van der Waals surface area contributed by atoms with Crippen LogP contribution in [-0.4, -0.2) is 59.5 Å². The number of fused-ring (bicyclic) bond motifs is 2. The first-order valence-electron chi connectivity index (χ1n) is 10.5. The van der Waals surface area contributed by atoms with Gasteiger partial charge in [-0.2, -0.15) is 0 Å². The third-order valence-electron chi connectivity index (χ3n) is 6.17. The second kappa shape index (κ2) is 8.61. The lowest BCUT2D eigenvalue weighted by atomic mass is 9.79. The second-order valence-corrected chi connectivity index (χ2v) is 12.7. The van der Waals surface area contributed by atoms with Crippen LogP contribution < -0.4 is 0 Å². The summed E-state index contributed by atoms with van der Waals surface area (Å²) in [6.45, 7) is 7.25. The van der Waals surface area contributed by atoms with Crippen molar-refractivity contribution in [3.05, 3.63) is 31.7 Å². The maximum atomic E-state index is 11.4. The summed E-state index contributed by atoms with van der Waals surface area (Å²) < 4.78 is 32.1. The molecule has 0 aliphatic carbocycles. The van der Waals surface area contributed by atoms with E-state index < -0.39 is 9.84 Å². The molecule has 0 saturated carbocycles. The van der Waals surface area contributed by atoms with Gasteiger partial charge in [-0.3, -0.25) is 9.58 Å². The largest absolute Gasteiger partial charge is 0.370 e. The van der Waals surface area contributed by atoms with Gasteiger partial charge in [-0.05, 0) is 42.1 Å². The smallest absolute Gasteiger partial charge is 0.149 e. The maximum Gasteiger partial charge on any atom is 0.149 e. The molecule has 2 aliphatic heterocycles. The third-order valence-corrected chi connectivity index (χ3v) is 9.62. The van der Waals surface area contributed by atoms with Crippen molar-refractivity contribution in [2.45, 2.75) is 64.3 Å². The molecule has 30 heavy (non-hydrogen) atoms. The van der Waals surface area contributed by atoms with Crippen molar-refractivity contribution in [3.63, 3.8) is 0 Å². The molecule has 4 rings (SSSR count). The minimum absolute atomic E-state index is 0.0768. The van der Waals surface area contributed by atoms with Gasteiger partial charge in [0.1, 0.15) is 9.84 Å². The monoisotopic (exact) mass is 516 g/mol. The maximum absolute atomic E-state index is 11.4. The van der Waals surface area contributed by atoms with Crippen LogP contribution in [0.5, 0.6) is 0 Å². The van der Waals surface area contributed by atoms with Gasteiger partial charge in [-0.25, -0.2) is 8.42 Å². The molecule has 10 heteroatoms. The predicted molar refractivity (Wildman–Crippen MR) is 122 cm³/mol. The van der Waals surface area contributed by atoms with E-state index in [1.54, 1.807) is 4.68 Å². The molecule has 4 heterocycles. The van der Waals surface area contributed by atoms with Gasteiger partial charge in [0.15, 0.2) is 0 Å². The van der Waals surface area contributed by atoms with Crippen LogP contribution in [0.1, 0.15) is 47.7 Å². The van der Waals surface area contributed by atoms with Gasteiger partial charge in [0.2, 0.25) is 0 Å². The molecule has 1 fully saturated rings. The van der Waals surface area contributed by atoms with Crippen molar-refractivity contribution in [1.29, 1.82) is 0 Å².